The van der Waals surface area contributed by atoms with Crippen LogP contribution in [-0.2, 0) is 0 Å². The lowest BCUT2D eigenvalue weighted by Gasteiger charge is -2.12. The summed E-state index contributed by atoms with van der Waals surface area (Å²) in [6.07, 6.45) is 0. The number of anilines is 1. The predicted molar refractivity (Wildman–Crippen MR) is 104 cm³/mol. The SMILES string of the molecule is CC(C)NC(=O)c1cccc(NC(=S)NC(=O)c2cccc(Cl)c2)c1. The monoisotopic (exact) mass is 375 g/mol. The van der Waals surface area contributed by atoms with E-state index in [9.17, 15) is 9.59 Å². The molecule has 130 valence electrons. The summed E-state index contributed by atoms with van der Waals surface area (Å²) < 4.78 is 0. The van der Waals surface area contributed by atoms with Crippen LogP contribution in [0, 0.1) is 0 Å². The molecule has 2 amide bonds. The van der Waals surface area contributed by atoms with E-state index in [1.54, 1.807) is 48.5 Å². The molecule has 2 rings (SSSR count). The number of benzene rings is 2. The van der Waals surface area contributed by atoms with Crippen LogP contribution in [0.4, 0.5) is 5.69 Å². The Morgan fingerprint density at radius 3 is 2.28 bits per heavy atom. The molecule has 0 spiro atoms. The van der Waals surface area contributed by atoms with E-state index < -0.39 is 0 Å². The minimum absolute atomic E-state index is 0.0437. The second kappa shape index (κ2) is 8.60. The standard InChI is InChI=1S/C18H18ClN3O2S/c1-11(2)20-16(23)13-6-4-8-15(10-13)21-18(25)22-17(24)12-5-3-7-14(19)9-12/h3-11H,1-2H3,(H,20,23)(H2,21,22,24,25). The first kappa shape index (κ1) is 18.9. The largest absolute Gasteiger partial charge is 0.350 e. The van der Waals surface area contributed by atoms with Crippen molar-refractivity contribution in [2.45, 2.75) is 19.9 Å². The quantitative estimate of drug-likeness (QED) is 0.714. The third kappa shape index (κ3) is 5.85. The Morgan fingerprint density at radius 2 is 1.64 bits per heavy atom. The average molecular weight is 376 g/mol. The summed E-state index contributed by atoms with van der Waals surface area (Å²) >= 11 is 11.0. The number of hydrogen-bond donors (Lipinski definition) is 3. The molecule has 0 unspecified atom stereocenters. The lowest BCUT2D eigenvalue weighted by Crippen LogP contribution is -2.34. The number of hydrogen-bond acceptors (Lipinski definition) is 3. The Hall–Kier alpha value is -2.44. The molecule has 0 fully saturated rings. The van der Waals surface area contributed by atoms with Gasteiger partial charge in [-0.25, -0.2) is 0 Å². The Labute approximate surface area is 156 Å². The van der Waals surface area contributed by atoms with Crippen molar-refractivity contribution in [1.29, 1.82) is 0 Å². The van der Waals surface area contributed by atoms with Gasteiger partial charge in [0.2, 0.25) is 0 Å². The number of nitrogens with one attached hydrogen (secondary N) is 3. The normalized spacial score (nSPS) is 10.2. The zero-order valence-electron chi connectivity index (χ0n) is 13.8. The van der Waals surface area contributed by atoms with Crippen LogP contribution in [-0.4, -0.2) is 23.0 Å². The Kier molecular flexibility index (Phi) is 6.50. The minimum atomic E-state index is -0.367. The summed E-state index contributed by atoms with van der Waals surface area (Å²) in [5.41, 5.74) is 1.51. The van der Waals surface area contributed by atoms with Crippen LogP contribution in [0.5, 0.6) is 0 Å². The van der Waals surface area contributed by atoms with Gasteiger partial charge in [0.05, 0.1) is 0 Å². The van der Waals surface area contributed by atoms with E-state index in [0.29, 0.717) is 21.8 Å². The maximum absolute atomic E-state index is 12.1. The number of carbonyl (C=O) groups excluding carboxylic acids is 2. The van der Waals surface area contributed by atoms with Gasteiger partial charge in [-0.1, -0.05) is 23.7 Å². The molecule has 0 saturated heterocycles. The smallest absolute Gasteiger partial charge is 0.257 e. The highest BCUT2D eigenvalue weighted by Gasteiger charge is 2.10. The van der Waals surface area contributed by atoms with Crippen molar-refractivity contribution in [2.24, 2.45) is 0 Å². The van der Waals surface area contributed by atoms with Crippen molar-refractivity contribution >= 4 is 46.4 Å². The highest BCUT2D eigenvalue weighted by molar-refractivity contribution is 7.80. The van der Waals surface area contributed by atoms with Crippen LogP contribution in [0.15, 0.2) is 48.5 Å². The van der Waals surface area contributed by atoms with Gasteiger partial charge in [-0.3, -0.25) is 14.9 Å². The van der Waals surface area contributed by atoms with Crippen molar-refractivity contribution in [3.8, 4) is 0 Å². The number of halogens is 1. The minimum Gasteiger partial charge on any atom is -0.350 e. The van der Waals surface area contributed by atoms with E-state index in [-0.39, 0.29) is 23.0 Å². The summed E-state index contributed by atoms with van der Waals surface area (Å²) in [5.74, 6) is -0.541. The van der Waals surface area contributed by atoms with Gasteiger partial charge in [-0.2, -0.15) is 0 Å². The summed E-state index contributed by atoms with van der Waals surface area (Å²) in [7, 11) is 0. The first-order valence-corrected chi connectivity index (χ1v) is 8.42. The Morgan fingerprint density at radius 1 is 1.00 bits per heavy atom. The summed E-state index contributed by atoms with van der Waals surface area (Å²) in [4.78, 5) is 24.2. The molecule has 0 aliphatic heterocycles. The number of amides is 2. The van der Waals surface area contributed by atoms with E-state index in [1.807, 2.05) is 13.8 Å². The molecule has 0 radical (unpaired) electrons. The van der Waals surface area contributed by atoms with Gasteiger partial charge in [0.25, 0.3) is 11.8 Å². The molecule has 25 heavy (non-hydrogen) atoms. The zero-order valence-corrected chi connectivity index (χ0v) is 15.4. The molecule has 5 nitrogen and oxygen atoms in total. The van der Waals surface area contributed by atoms with Crippen molar-refractivity contribution in [1.82, 2.24) is 10.6 Å². The van der Waals surface area contributed by atoms with Gasteiger partial charge in [0.1, 0.15) is 0 Å². The summed E-state index contributed by atoms with van der Waals surface area (Å²) in [6.45, 7) is 3.78. The van der Waals surface area contributed by atoms with Crippen LogP contribution >= 0.6 is 23.8 Å². The van der Waals surface area contributed by atoms with Crippen LogP contribution in [0.3, 0.4) is 0 Å². The molecule has 0 bridgehead atoms. The second-order valence-electron chi connectivity index (χ2n) is 5.63. The third-order valence-electron chi connectivity index (χ3n) is 3.12. The van der Waals surface area contributed by atoms with E-state index >= 15 is 0 Å². The zero-order chi connectivity index (χ0) is 18.4. The van der Waals surface area contributed by atoms with Gasteiger partial charge in [-0.05, 0) is 62.5 Å². The second-order valence-corrected chi connectivity index (χ2v) is 6.47. The predicted octanol–water partition coefficient (Wildman–Crippen LogP) is 3.61. The van der Waals surface area contributed by atoms with Crippen molar-refractivity contribution in [2.75, 3.05) is 5.32 Å². The first-order chi connectivity index (χ1) is 11.8. The van der Waals surface area contributed by atoms with Gasteiger partial charge >= 0.3 is 0 Å². The van der Waals surface area contributed by atoms with Crippen LogP contribution < -0.4 is 16.0 Å². The Bertz CT molecular complexity index is 808. The van der Waals surface area contributed by atoms with E-state index in [4.69, 9.17) is 23.8 Å². The van der Waals surface area contributed by atoms with Gasteiger partial charge in [0.15, 0.2) is 5.11 Å². The lowest BCUT2D eigenvalue weighted by atomic mass is 10.2. The van der Waals surface area contributed by atoms with Crippen molar-refractivity contribution in [3.63, 3.8) is 0 Å². The highest BCUT2D eigenvalue weighted by Crippen LogP contribution is 2.12. The van der Waals surface area contributed by atoms with Crippen molar-refractivity contribution in [3.05, 3.63) is 64.7 Å². The number of carbonyl (C=O) groups is 2. The topological polar surface area (TPSA) is 70.2 Å². The van der Waals surface area contributed by atoms with Gasteiger partial charge in [-0.15, -0.1) is 0 Å². The summed E-state index contributed by atoms with van der Waals surface area (Å²) in [5, 5.41) is 8.88. The van der Waals surface area contributed by atoms with Gasteiger partial charge < -0.3 is 10.6 Å². The van der Waals surface area contributed by atoms with Crippen LogP contribution in [0.1, 0.15) is 34.6 Å². The number of rotatable bonds is 4. The average Bonchev–Trinajstić information content (AvgIpc) is 2.54. The fourth-order valence-electron chi connectivity index (χ4n) is 2.05. The number of thiocarbonyl (C=S) groups is 1. The molecule has 0 atom stereocenters. The molecule has 0 heterocycles. The molecule has 0 aromatic heterocycles. The maximum Gasteiger partial charge on any atom is 0.257 e. The molecular formula is C18H18ClN3O2S. The van der Waals surface area contributed by atoms with Gasteiger partial charge in [0, 0.05) is 27.9 Å². The third-order valence-corrected chi connectivity index (χ3v) is 3.56. The molecule has 7 heteroatoms. The van der Waals surface area contributed by atoms with E-state index in [2.05, 4.69) is 16.0 Å². The molecule has 2 aromatic rings. The fourth-order valence-corrected chi connectivity index (χ4v) is 2.45. The summed E-state index contributed by atoms with van der Waals surface area (Å²) in [6, 6.07) is 13.5. The first-order valence-electron chi connectivity index (χ1n) is 7.64. The maximum atomic E-state index is 12.1. The van der Waals surface area contributed by atoms with Crippen LogP contribution in [0.2, 0.25) is 5.02 Å². The van der Waals surface area contributed by atoms with E-state index in [1.165, 1.54) is 0 Å². The van der Waals surface area contributed by atoms with E-state index in [0.717, 1.165) is 0 Å². The van der Waals surface area contributed by atoms with Crippen molar-refractivity contribution < 1.29 is 9.59 Å². The Balaban J connectivity index is 2.01. The van der Waals surface area contributed by atoms with Crippen LogP contribution in [0.25, 0.3) is 0 Å². The fraction of sp³-hybridized carbons (Fsp3) is 0.167. The molecular weight excluding hydrogens is 358 g/mol. The lowest BCUT2D eigenvalue weighted by molar-refractivity contribution is 0.0941. The molecule has 2 aromatic carbocycles. The molecule has 0 aliphatic carbocycles. The molecule has 0 saturated carbocycles. The molecule has 3 N–H and O–H groups in total. The highest BCUT2D eigenvalue weighted by atomic mass is 35.5. The molecule has 0 aliphatic rings.